The van der Waals surface area contributed by atoms with Gasteiger partial charge in [0.05, 0.1) is 24.7 Å². The molecule has 25 heavy (non-hydrogen) atoms. The molecule has 1 saturated carbocycles. The Morgan fingerprint density at radius 1 is 1.44 bits per heavy atom. The lowest BCUT2D eigenvalue weighted by Gasteiger charge is -2.54. The van der Waals surface area contributed by atoms with E-state index in [1.807, 2.05) is 19.9 Å². The Morgan fingerprint density at radius 3 is 3.00 bits per heavy atom. The molecule has 2 aliphatic heterocycles. The topological polar surface area (TPSA) is 82.6 Å². The number of alkyl carbamates (subject to hydrolysis) is 1. The Labute approximate surface area is 150 Å². The van der Waals surface area contributed by atoms with Crippen LogP contribution in [-0.2, 0) is 9.47 Å². The molecule has 7 nitrogen and oxygen atoms in total. The molecule has 134 valence electrons. The van der Waals surface area contributed by atoms with E-state index in [9.17, 15) is 4.79 Å². The second-order valence-corrected chi connectivity index (χ2v) is 7.41. The number of fused-ring (bicyclic) bond motifs is 1. The van der Waals surface area contributed by atoms with Gasteiger partial charge < -0.3 is 19.5 Å². The lowest BCUT2D eigenvalue weighted by molar-refractivity contribution is -0.137. The maximum atomic E-state index is 11.6. The van der Waals surface area contributed by atoms with E-state index >= 15 is 0 Å². The summed E-state index contributed by atoms with van der Waals surface area (Å²) < 4.78 is 17.0. The van der Waals surface area contributed by atoms with Gasteiger partial charge in [0.15, 0.2) is 0 Å². The molecule has 1 saturated heterocycles. The first-order chi connectivity index (χ1) is 11.9. The number of nitrogens with zero attached hydrogens (tertiary/aromatic N) is 2. The number of hydrogen-bond acceptors (Lipinski definition) is 6. The fourth-order valence-electron chi connectivity index (χ4n) is 3.87. The molecule has 3 heterocycles. The number of carbonyl (C=O) groups excluding carboxylic acids is 1. The summed E-state index contributed by atoms with van der Waals surface area (Å²) in [5, 5.41) is 3.00. The van der Waals surface area contributed by atoms with Gasteiger partial charge in [0.2, 0.25) is 11.2 Å². The standard InChI is InChI=1S/C17H20ClN3O4/c1-17(2)13-11(20-16(22)25-17)7-12(13)24-14-10(8-19-15(18)21-14)9-3-5-23-6-4-9/h3,8,11-13H,4-7H2,1-2H3,(H,20,22). The van der Waals surface area contributed by atoms with Crippen LogP contribution < -0.4 is 10.1 Å². The molecule has 1 aromatic heterocycles. The number of halogens is 1. The predicted molar refractivity (Wildman–Crippen MR) is 90.5 cm³/mol. The summed E-state index contributed by atoms with van der Waals surface area (Å²) in [7, 11) is 0. The summed E-state index contributed by atoms with van der Waals surface area (Å²) in [5.74, 6) is 0.528. The van der Waals surface area contributed by atoms with Crippen LogP contribution in [-0.4, -0.2) is 47.0 Å². The van der Waals surface area contributed by atoms with Gasteiger partial charge in [0.1, 0.15) is 11.7 Å². The van der Waals surface area contributed by atoms with Gasteiger partial charge in [-0.2, -0.15) is 4.98 Å². The smallest absolute Gasteiger partial charge is 0.407 e. The molecule has 1 amide bonds. The van der Waals surface area contributed by atoms with Crippen LogP contribution in [0.2, 0.25) is 5.28 Å². The lowest BCUT2D eigenvalue weighted by atomic mass is 9.67. The van der Waals surface area contributed by atoms with Gasteiger partial charge >= 0.3 is 6.09 Å². The number of ether oxygens (including phenoxy) is 3. The van der Waals surface area contributed by atoms with Gasteiger partial charge in [-0.3, -0.25) is 0 Å². The van der Waals surface area contributed by atoms with Crippen LogP contribution in [0.4, 0.5) is 4.79 Å². The Balaban J connectivity index is 1.58. The van der Waals surface area contributed by atoms with Crippen molar-refractivity contribution in [2.24, 2.45) is 5.92 Å². The van der Waals surface area contributed by atoms with Crippen molar-refractivity contribution in [1.82, 2.24) is 15.3 Å². The van der Waals surface area contributed by atoms with Crippen molar-refractivity contribution in [3.8, 4) is 5.88 Å². The molecule has 3 unspecified atom stereocenters. The molecule has 0 spiro atoms. The summed E-state index contributed by atoms with van der Waals surface area (Å²) in [4.78, 5) is 20.0. The SMILES string of the molecule is CC1(C)OC(=O)NC2CC(Oc3nc(Cl)ncc3C3=CCOCC3)C21. The molecule has 8 heteroatoms. The van der Waals surface area contributed by atoms with E-state index in [0.717, 1.165) is 17.6 Å². The van der Waals surface area contributed by atoms with Crippen molar-refractivity contribution in [1.29, 1.82) is 0 Å². The van der Waals surface area contributed by atoms with Crippen molar-refractivity contribution >= 4 is 23.3 Å². The minimum atomic E-state index is -0.592. The van der Waals surface area contributed by atoms with E-state index in [-0.39, 0.29) is 29.4 Å². The predicted octanol–water partition coefficient (Wildman–Crippen LogP) is 2.59. The monoisotopic (exact) mass is 365 g/mol. The van der Waals surface area contributed by atoms with E-state index in [0.29, 0.717) is 25.5 Å². The average Bonchev–Trinajstić information content (AvgIpc) is 2.52. The second kappa shape index (κ2) is 6.14. The quantitative estimate of drug-likeness (QED) is 0.829. The fraction of sp³-hybridized carbons (Fsp3) is 0.588. The first-order valence-corrected chi connectivity index (χ1v) is 8.78. The third-order valence-electron chi connectivity index (χ3n) is 5.08. The molecule has 4 rings (SSSR count). The average molecular weight is 366 g/mol. The molecule has 0 radical (unpaired) electrons. The zero-order valence-corrected chi connectivity index (χ0v) is 14.9. The van der Waals surface area contributed by atoms with Crippen molar-refractivity contribution in [2.75, 3.05) is 13.2 Å². The molecule has 2 fully saturated rings. The van der Waals surface area contributed by atoms with Crippen molar-refractivity contribution < 1.29 is 19.0 Å². The van der Waals surface area contributed by atoms with Gasteiger partial charge in [0.25, 0.3) is 0 Å². The number of hydrogen-bond donors (Lipinski definition) is 1. The Hall–Kier alpha value is -1.86. The number of nitrogens with one attached hydrogen (secondary N) is 1. The van der Waals surface area contributed by atoms with Crippen LogP contribution in [0, 0.1) is 5.92 Å². The van der Waals surface area contributed by atoms with E-state index in [1.165, 1.54) is 0 Å². The van der Waals surface area contributed by atoms with Crippen molar-refractivity contribution in [2.45, 2.75) is 44.4 Å². The molecular formula is C17H20ClN3O4. The first kappa shape index (κ1) is 16.6. The van der Waals surface area contributed by atoms with E-state index in [1.54, 1.807) is 6.20 Å². The molecule has 3 aliphatic rings. The minimum Gasteiger partial charge on any atom is -0.473 e. The van der Waals surface area contributed by atoms with Gasteiger partial charge in [0, 0.05) is 18.7 Å². The Morgan fingerprint density at radius 2 is 2.28 bits per heavy atom. The molecular weight excluding hydrogens is 346 g/mol. The van der Waals surface area contributed by atoms with Gasteiger partial charge in [-0.1, -0.05) is 6.08 Å². The van der Waals surface area contributed by atoms with Crippen LogP contribution >= 0.6 is 11.6 Å². The summed E-state index contributed by atoms with van der Waals surface area (Å²) >= 11 is 5.98. The Bertz CT molecular complexity index is 737. The first-order valence-electron chi connectivity index (χ1n) is 8.40. The highest BCUT2D eigenvalue weighted by atomic mass is 35.5. The van der Waals surface area contributed by atoms with Gasteiger partial charge in [-0.15, -0.1) is 0 Å². The number of amides is 1. The number of cyclic esters (lactones) is 1. The number of carbonyl (C=O) groups is 1. The largest absolute Gasteiger partial charge is 0.473 e. The number of rotatable bonds is 3. The maximum absolute atomic E-state index is 11.6. The zero-order chi connectivity index (χ0) is 17.6. The van der Waals surface area contributed by atoms with Gasteiger partial charge in [-0.25, -0.2) is 9.78 Å². The van der Waals surface area contributed by atoms with Crippen molar-refractivity contribution in [3.63, 3.8) is 0 Å². The third-order valence-corrected chi connectivity index (χ3v) is 5.26. The van der Waals surface area contributed by atoms with Crippen molar-refractivity contribution in [3.05, 3.63) is 23.1 Å². The highest BCUT2D eigenvalue weighted by Crippen LogP contribution is 2.44. The normalized spacial score (nSPS) is 30.3. The van der Waals surface area contributed by atoms with Gasteiger partial charge in [-0.05, 0) is 37.4 Å². The summed E-state index contributed by atoms with van der Waals surface area (Å²) in [6.07, 6.45) is 4.73. The van der Waals surface area contributed by atoms with Crippen LogP contribution in [0.3, 0.4) is 0 Å². The molecule has 0 bridgehead atoms. The molecule has 1 aliphatic carbocycles. The third kappa shape index (κ3) is 3.06. The maximum Gasteiger partial charge on any atom is 0.407 e. The van der Waals surface area contributed by atoms with Crippen LogP contribution in [0.25, 0.3) is 5.57 Å². The molecule has 3 atom stereocenters. The molecule has 1 aromatic rings. The van der Waals surface area contributed by atoms with Crippen LogP contribution in [0.5, 0.6) is 5.88 Å². The highest BCUT2D eigenvalue weighted by Gasteiger charge is 2.57. The van der Waals surface area contributed by atoms with E-state index < -0.39 is 5.60 Å². The summed E-state index contributed by atoms with van der Waals surface area (Å²) in [6.45, 7) is 5.05. The van der Waals surface area contributed by atoms with Crippen LogP contribution in [0.1, 0.15) is 32.3 Å². The molecule has 0 aromatic carbocycles. The minimum absolute atomic E-state index is 0.0514. The highest BCUT2D eigenvalue weighted by molar-refractivity contribution is 6.28. The van der Waals surface area contributed by atoms with Crippen LogP contribution in [0.15, 0.2) is 12.3 Å². The second-order valence-electron chi connectivity index (χ2n) is 7.07. The number of aromatic nitrogens is 2. The Kier molecular flexibility index (Phi) is 4.08. The fourth-order valence-corrected chi connectivity index (χ4v) is 3.99. The van der Waals surface area contributed by atoms with E-state index in [2.05, 4.69) is 15.3 Å². The zero-order valence-electron chi connectivity index (χ0n) is 14.1. The summed E-state index contributed by atoms with van der Waals surface area (Å²) in [5.41, 5.74) is 1.35. The van der Waals surface area contributed by atoms with E-state index in [4.69, 9.17) is 25.8 Å². The summed E-state index contributed by atoms with van der Waals surface area (Å²) in [6, 6.07) is 0.0595. The lowest BCUT2D eigenvalue weighted by Crippen LogP contribution is -2.69. The molecule has 1 N–H and O–H groups in total.